The van der Waals surface area contributed by atoms with Crippen LogP contribution in [0.4, 0.5) is 11.8 Å². The number of phenolic OH excluding ortho intramolecular Hbond substituents is 1. The van der Waals surface area contributed by atoms with Gasteiger partial charge in [0.25, 0.3) is 0 Å². The van der Waals surface area contributed by atoms with E-state index in [1.807, 2.05) is 38.1 Å². The zero-order valence-electron chi connectivity index (χ0n) is 31.3. The summed E-state index contributed by atoms with van der Waals surface area (Å²) in [7, 11) is 0. The highest BCUT2D eigenvalue weighted by atomic mass is 16.5. The molecule has 0 radical (unpaired) electrons. The van der Waals surface area contributed by atoms with Gasteiger partial charge in [-0.15, -0.1) is 10.2 Å². The van der Waals surface area contributed by atoms with Gasteiger partial charge in [-0.2, -0.15) is 0 Å². The van der Waals surface area contributed by atoms with Gasteiger partial charge in [0.1, 0.15) is 11.7 Å². The number of carboxylic acids is 1. The van der Waals surface area contributed by atoms with Gasteiger partial charge < -0.3 is 34.4 Å². The van der Waals surface area contributed by atoms with E-state index in [2.05, 4.69) is 54.4 Å². The number of piperidine rings is 2. The lowest BCUT2D eigenvalue weighted by molar-refractivity contribution is -0.140. The summed E-state index contributed by atoms with van der Waals surface area (Å²) in [5, 5.41) is 34.2. The quantitative estimate of drug-likeness (QED) is 0.156. The summed E-state index contributed by atoms with van der Waals surface area (Å²) >= 11 is 0. The summed E-state index contributed by atoms with van der Waals surface area (Å²) < 4.78 is 5.51. The van der Waals surface area contributed by atoms with Crippen LogP contribution in [0.2, 0.25) is 0 Å². The summed E-state index contributed by atoms with van der Waals surface area (Å²) in [4.78, 5) is 32.4. The van der Waals surface area contributed by atoms with Gasteiger partial charge in [-0.25, -0.2) is 9.97 Å². The van der Waals surface area contributed by atoms with Crippen LogP contribution in [-0.2, 0) is 11.2 Å². The molecular weight excluding hydrogens is 683 g/mol. The Balaban J connectivity index is 0.783. The number of H-pyrrole nitrogens is 1. The number of phenols is 1. The van der Waals surface area contributed by atoms with Crippen molar-refractivity contribution in [1.82, 2.24) is 35.2 Å². The molecule has 54 heavy (non-hydrogen) atoms. The Hall–Kier alpha value is -5.04. The Labute approximate surface area is 314 Å². The second-order valence-electron chi connectivity index (χ2n) is 16.5. The third-order valence-electron chi connectivity index (χ3n) is 13.0. The number of nitrogens with one attached hydrogen (secondary N) is 1. The molecule has 4 aromatic heterocycles. The summed E-state index contributed by atoms with van der Waals surface area (Å²) in [5.41, 5.74) is 6.08. The molecule has 13 heteroatoms. The number of fused-ring (bicyclic) bond motifs is 3. The SMILES string of the molecule is CC(C)C(C(=O)O)c1cc(N2CCC3(CC2)CC(N2CCC(c4cnc(N5CCc6[nH]c7nnc(-c8ccccc8O)cc7c6[C@@H]5C)nc4)CC2)C3)no1. The van der Waals surface area contributed by atoms with Crippen LogP contribution >= 0.6 is 0 Å². The van der Waals surface area contributed by atoms with Gasteiger partial charge in [-0.3, -0.25) is 4.79 Å². The molecule has 3 N–H and O–H groups in total. The monoisotopic (exact) mass is 731 g/mol. The molecule has 9 rings (SSSR count). The van der Waals surface area contributed by atoms with E-state index in [1.54, 1.807) is 12.1 Å². The van der Waals surface area contributed by atoms with Crippen molar-refractivity contribution in [3.63, 3.8) is 0 Å². The predicted molar refractivity (Wildman–Crippen MR) is 205 cm³/mol. The standard InChI is InChI=1S/C41H49N9O4/c1-24(2)36(39(52)53)34-19-35(47-54-34)49-16-11-41(12-17-49)20-28(21-41)48-13-8-26(9-14-48)27-22-42-40(43-23-27)50-15-10-31-37(25(50)3)30-18-32(45-46-38(30)44-31)29-6-4-5-7-33(29)51/h4-7,18-19,22-26,28,36,51H,8-17,20-21H2,1-3H3,(H,44,46)(H,52,53)/t25-,36?/m0/s1. The number of nitrogens with zero attached hydrogens (tertiary/aromatic N) is 8. The highest BCUT2D eigenvalue weighted by Crippen LogP contribution is 2.52. The molecule has 5 aromatic rings. The molecule has 2 saturated heterocycles. The molecule has 1 saturated carbocycles. The molecule has 0 bridgehead atoms. The number of carboxylic acid groups (broad SMARTS) is 1. The first-order valence-corrected chi connectivity index (χ1v) is 19.6. The number of rotatable bonds is 8. The Kier molecular flexibility index (Phi) is 8.79. The minimum absolute atomic E-state index is 0.0486. The summed E-state index contributed by atoms with van der Waals surface area (Å²) in [6, 6.07) is 11.8. The summed E-state index contributed by atoms with van der Waals surface area (Å²) in [6.07, 6.45) is 12.0. The van der Waals surface area contributed by atoms with Crippen LogP contribution in [0.15, 0.2) is 53.3 Å². The zero-order chi connectivity index (χ0) is 37.1. The van der Waals surface area contributed by atoms with Gasteiger partial charge in [0.15, 0.2) is 17.2 Å². The molecule has 1 aromatic carbocycles. The number of aromatic nitrogens is 6. The number of hydrogen-bond acceptors (Lipinski definition) is 11. The van der Waals surface area contributed by atoms with E-state index in [-0.39, 0.29) is 17.7 Å². The van der Waals surface area contributed by atoms with Gasteiger partial charge in [0, 0.05) is 72.8 Å². The molecule has 13 nitrogen and oxygen atoms in total. The van der Waals surface area contributed by atoms with E-state index < -0.39 is 11.9 Å². The van der Waals surface area contributed by atoms with Crippen LogP contribution in [0.5, 0.6) is 5.75 Å². The average molecular weight is 732 g/mol. The number of anilines is 2. The molecule has 2 atom stereocenters. The number of aromatic hydroxyl groups is 1. The van der Waals surface area contributed by atoms with Crippen LogP contribution in [0.25, 0.3) is 22.3 Å². The number of benzene rings is 1. The molecule has 1 spiro atoms. The second-order valence-corrected chi connectivity index (χ2v) is 16.5. The fourth-order valence-electron chi connectivity index (χ4n) is 9.83. The van der Waals surface area contributed by atoms with Gasteiger partial charge in [0.05, 0.1) is 11.7 Å². The van der Waals surface area contributed by atoms with Crippen molar-refractivity contribution in [1.29, 1.82) is 0 Å². The van der Waals surface area contributed by atoms with Gasteiger partial charge in [-0.1, -0.05) is 31.1 Å². The van der Waals surface area contributed by atoms with Crippen LogP contribution < -0.4 is 9.80 Å². The molecule has 3 fully saturated rings. The first kappa shape index (κ1) is 34.7. The Bertz CT molecular complexity index is 2140. The number of aliphatic carboxylic acids is 1. The molecular formula is C41H49N9O4. The molecule has 3 aliphatic heterocycles. The maximum Gasteiger partial charge on any atom is 0.314 e. The van der Waals surface area contributed by atoms with Gasteiger partial charge >= 0.3 is 5.97 Å². The van der Waals surface area contributed by atoms with E-state index in [0.717, 1.165) is 87.6 Å². The maximum absolute atomic E-state index is 11.8. The van der Waals surface area contributed by atoms with Crippen molar-refractivity contribution in [2.45, 2.75) is 89.6 Å². The van der Waals surface area contributed by atoms with E-state index in [0.29, 0.717) is 34.4 Å². The minimum atomic E-state index is -0.867. The van der Waals surface area contributed by atoms with Crippen LogP contribution in [0, 0.1) is 11.3 Å². The molecule has 282 valence electrons. The number of carbonyl (C=O) groups is 1. The lowest BCUT2D eigenvalue weighted by Crippen LogP contribution is -2.56. The molecule has 1 aliphatic carbocycles. The van der Waals surface area contributed by atoms with Gasteiger partial charge in [0.2, 0.25) is 5.95 Å². The van der Waals surface area contributed by atoms with E-state index in [1.165, 1.54) is 29.7 Å². The Morgan fingerprint density at radius 1 is 1.00 bits per heavy atom. The minimum Gasteiger partial charge on any atom is -0.507 e. The van der Waals surface area contributed by atoms with Crippen LogP contribution in [0.3, 0.4) is 0 Å². The second kappa shape index (κ2) is 13.7. The number of para-hydroxylation sites is 1. The largest absolute Gasteiger partial charge is 0.507 e. The predicted octanol–water partition coefficient (Wildman–Crippen LogP) is 6.69. The smallest absolute Gasteiger partial charge is 0.314 e. The Morgan fingerprint density at radius 2 is 1.74 bits per heavy atom. The van der Waals surface area contributed by atoms with Crippen molar-refractivity contribution in [2.24, 2.45) is 11.3 Å². The average Bonchev–Trinajstić information content (AvgIpc) is 3.79. The van der Waals surface area contributed by atoms with E-state index in [9.17, 15) is 15.0 Å². The van der Waals surface area contributed by atoms with E-state index >= 15 is 0 Å². The van der Waals surface area contributed by atoms with E-state index in [4.69, 9.17) is 14.5 Å². The highest BCUT2D eigenvalue weighted by Gasteiger charge is 2.48. The molecule has 4 aliphatic rings. The van der Waals surface area contributed by atoms with Crippen molar-refractivity contribution in [2.75, 3.05) is 42.5 Å². The van der Waals surface area contributed by atoms with Crippen molar-refractivity contribution in [3.05, 3.63) is 71.4 Å². The first-order valence-electron chi connectivity index (χ1n) is 19.6. The third-order valence-corrected chi connectivity index (χ3v) is 13.0. The molecule has 0 amide bonds. The highest BCUT2D eigenvalue weighted by molar-refractivity contribution is 5.86. The van der Waals surface area contributed by atoms with Crippen molar-refractivity contribution >= 4 is 28.8 Å². The maximum atomic E-state index is 11.8. The molecule has 7 heterocycles. The van der Waals surface area contributed by atoms with Crippen LogP contribution in [-0.4, -0.2) is 90.2 Å². The van der Waals surface area contributed by atoms with Gasteiger partial charge in [-0.05, 0) is 99.6 Å². The van der Waals surface area contributed by atoms with Crippen molar-refractivity contribution < 1.29 is 19.5 Å². The number of aromatic amines is 1. The molecule has 1 unspecified atom stereocenters. The fourth-order valence-corrected chi connectivity index (χ4v) is 9.83. The topological polar surface area (TPSA) is 161 Å². The van der Waals surface area contributed by atoms with Crippen LogP contribution in [0.1, 0.15) is 99.8 Å². The fraction of sp³-hybridized carbons (Fsp3) is 0.512. The van der Waals surface area contributed by atoms with Crippen molar-refractivity contribution in [3.8, 4) is 17.0 Å². The first-order chi connectivity index (χ1) is 26.2. The normalized spacial score (nSPS) is 21.4. The Morgan fingerprint density at radius 3 is 2.44 bits per heavy atom. The zero-order valence-corrected chi connectivity index (χ0v) is 31.3. The summed E-state index contributed by atoms with van der Waals surface area (Å²) in [6.45, 7) is 10.9. The lowest BCUT2D eigenvalue weighted by atomic mass is 9.59. The number of hydrogen-bond donors (Lipinski definition) is 3. The third kappa shape index (κ3) is 6.15. The lowest BCUT2D eigenvalue weighted by Gasteiger charge is -2.56. The summed E-state index contributed by atoms with van der Waals surface area (Å²) in [5.74, 6) is 1.03. The number of likely N-dealkylation sites (tertiary alicyclic amines) is 1.